The van der Waals surface area contributed by atoms with Crippen LogP contribution in [0, 0.1) is 12.8 Å². The van der Waals surface area contributed by atoms with Gasteiger partial charge in [-0.15, -0.1) is 0 Å². The van der Waals surface area contributed by atoms with Crippen LogP contribution in [0.1, 0.15) is 29.9 Å². The Labute approximate surface area is 141 Å². The molecule has 1 aliphatic carbocycles. The van der Waals surface area contributed by atoms with Gasteiger partial charge in [0.15, 0.2) is 0 Å². The maximum atomic E-state index is 12.4. The molecule has 2 aromatic rings. The maximum Gasteiger partial charge on any atom is 0.225 e. The van der Waals surface area contributed by atoms with Crippen molar-refractivity contribution in [3.63, 3.8) is 0 Å². The van der Waals surface area contributed by atoms with E-state index in [9.17, 15) is 4.79 Å². The molecule has 0 N–H and O–H groups in total. The molecule has 1 aromatic carbocycles. The number of fused-ring (bicyclic) bond motifs is 1. The second kappa shape index (κ2) is 5.89. The van der Waals surface area contributed by atoms with E-state index in [1.807, 2.05) is 36.1 Å². The fourth-order valence-corrected chi connectivity index (χ4v) is 3.30. The van der Waals surface area contributed by atoms with Crippen molar-refractivity contribution in [2.75, 3.05) is 13.7 Å². The van der Waals surface area contributed by atoms with Crippen LogP contribution in [0.15, 0.2) is 24.3 Å². The second-order valence-electron chi connectivity index (χ2n) is 6.56. The number of amides is 1. The molecule has 5 heteroatoms. The number of methoxy groups -OCH3 is 1. The Hall–Kier alpha value is -2.43. The SMILES string of the molecule is COc1ccc(-c2nc(C)nc3c2CN(C(=O)C2CC2)CC3)cc1. The third kappa shape index (κ3) is 2.75. The Morgan fingerprint density at radius 2 is 1.96 bits per heavy atom. The van der Waals surface area contributed by atoms with Gasteiger partial charge in [-0.1, -0.05) is 0 Å². The third-order valence-corrected chi connectivity index (χ3v) is 4.77. The normalized spacial score (nSPS) is 16.7. The van der Waals surface area contributed by atoms with Gasteiger partial charge in [-0.25, -0.2) is 9.97 Å². The highest BCUT2D eigenvalue weighted by molar-refractivity contribution is 5.81. The summed E-state index contributed by atoms with van der Waals surface area (Å²) < 4.78 is 5.24. The number of nitrogens with zero attached hydrogens (tertiary/aromatic N) is 3. The Morgan fingerprint density at radius 3 is 2.62 bits per heavy atom. The molecule has 0 saturated heterocycles. The summed E-state index contributed by atoms with van der Waals surface area (Å²) in [6.07, 6.45) is 2.89. The summed E-state index contributed by atoms with van der Waals surface area (Å²) in [6, 6.07) is 7.91. The monoisotopic (exact) mass is 323 g/mol. The van der Waals surface area contributed by atoms with E-state index < -0.39 is 0 Å². The average Bonchev–Trinajstić information content (AvgIpc) is 3.45. The molecule has 124 valence electrons. The van der Waals surface area contributed by atoms with Crippen LogP contribution in [-0.2, 0) is 17.8 Å². The summed E-state index contributed by atoms with van der Waals surface area (Å²) in [4.78, 5) is 23.7. The number of hydrogen-bond donors (Lipinski definition) is 0. The molecular formula is C19H21N3O2. The lowest BCUT2D eigenvalue weighted by Crippen LogP contribution is -2.37. The minimum absolute atomic E-state index is 0.252. The van der Waals surface area contributed by atoms with Crippen LogP contribution in [0.4, 0.5) is 0 Å². The number of carbonyl (C=O) groups is 1. The van der Waals surface area contributed by atoms with Crippen molar-refractivity contribution in [2.45, 2.75) is 32.7 Å². The van der Waals surface area contributed by atoms with Gasteiger partial charge in [0.1, 0.15) is 11.6 Å². The summed E-state index contributed by atoms with van der Waals surface area (Å²) >= 11 is 0. The van der Waals surface area contributed by atoms with Crippen LogP contribution in [0.2, 0.25) is 0 Å². The van der Waals surface area contributed by atoms with Crippen LogP contribution in [0.3, 0.4) is 0 Å². The molecule has 1 saturated carbocycles. The highest BCUT2D eigenvalue weighted by Crippen LogP contribution is 2.34. The Bertz CT molecular complexity index is 782. The first kappa shape index (κ1) is 15.1. The zero-order valence-electron chi connectivity index (χ0n) is 14.1. The molecule has 4 rings (SSSR count). The van der Waals surface area contributed by atoms with Gasteiger partial charge in [0.2, 0.25) is 5.91 Å². The molecule has 0 radical (unpaired) electrons. The minimum atomic E-state index is 0.252. The molecule has 0 spiro atoms. The lowest BCUT2D eigenvalue weighted by Gasteiger charge is -2.30. The molecule has 1 aromatic heterocycles. The lowest BCUT2D eigenvalue weighted by molar-refractivity contribution is -0.133. The van der Waals surface area contributed by atoms with E-state index in [2.05, 4.69) is 9.97 Å². The van der Waals surface area contributed by atoms with Crippen LogP contribution >= 0.6 is 0 Å². The van der Waals surface area contributed by atoms with Crippen LogP contribution in [-0.4, -0.2) is 34.4 Å². The Balaban J connectivity index is 1.71. The van der Waals surface area contributed by atoms with E-state index in [1.54, 1.807) is 7.11 Å². The van der Waals surface area contributed by atoms with Gasteiger partial charge in [-0.05, 0) is 44.0 Å². The third-order valence-electron chi connectivity index (χ3n) is 4.77. The minimum Gasteiger partial charge on any atom is -0.497 e. The molecular weight excluding hydrogens is 302 g/mol. The molecule has 1 amide bonds. The van der Waals surface area contributed by atoms with Crippen LogP contribution in [0.5, 0.6) is 5.75 Å². The molecule has 24 heavy (non-hydrogen) atoms. The average molecular weight is 323 g/mol. The van der Waals surface area contributed by atoms with Crippen LogP contribution < -0.4 is 4.74 Å². The van der Waals surface area contributed by atoms with E-state index in [-0.39, 0.29) is 5.92 Å². The van der Waals surface area contributed by atoms with Crippen molar-refractivity contribution in [1.82, 2.24) is 14.9 Å². The van der Waals surface area contributed by atoms with Gasteiger partial charge in [-0.3, -0.25) is 4.79 Å². The Kier molecular flexibility index (Phi) is 3.71. The van der Waals surface area contributed by atoms with E-state index in [0.717, 1.165) is 59.9 Å². The quantitative estimate of drug-likeness (QED) is 0.871. The van der Waals surface area contributed by atoms with Gasteiger partial charge in [0, 0.05) is 36.6 Å². The summed E-state index contributed by atoms with van der Waals surface area (Å²) in [5.41, 5.74) is 4.14. The van der Waals surface area contributed by atoms with Gasteiger partial charge >= 0.3 is 0 Å². The number of hydrogen-bond acceptors (Lipinski definition) is 4. The van der Waals surface area contributed by atoms with Crippen molar-refractivity contribution in [3.8, 4) is 17.0 Å². The molecule has 1 aliphatic heterocycles. The zero-order valence-corrected chi connectivity index (χ0v) is 14.1. The molecule has 0 bridgehead atoms. The fourth-order valence-electron chi connectivity index (χ4n) is 3.30. The summed E-state index contributed by atoms with van der Waals surface area (Å²) in [5, 5.41) is 0. The van der Waals surface area contributed by atoms with Gasteiger partial charge in [0.05, 0.1) is 18.5 Å². The molecule has 0 unspecified atom stereocenters. The number of ether oxygens (including phenoxy) is 1. The van der Waals surface area contributed by atoms with Crippen molar-refractivity contribution < 1.29 is 9.53 Å². The number of carbonyl (C=O) groups excluding carboxylic acids is 1. The summed E-state index contributed by atoms with van der Waals surface area (Å²) in [5.74, 6) is 2.15. The molecule has 0 atom stereocenters. The van der Waals surface area contributed by atoms with Crippen molar-refractivity contribution in [1.29, 1.82) is 0 Å². The molecule has 1 fully saturated rings. The first-order valence-corrected chi connectivity index (χ1v) is 8.45. The number of aryl methyl sites for hydroxylation is 1. The van der Waals surface area contributed by atoms with Crippen molar-refractivity contribution in [2.24, 2.45) is 5.92 Å². The first-order valence-electron chi connectivity index (χ1n) is 8.45. The van der Waals surface area contributed by atoms with Gasteiger partial charge in [0.25, 0.3) is 0 Å². The number of benzene rings is 1. The maximum absolute atomic E-state index is 12.4. The molecule has 2 heterocycles. The summed E-state index contributed by atoms with van der Waals surface area (Å²) in [6.45, 7) is 3.31. The molecule has 2 aliphatic rings. The number of rotatable bonds is 3. The zero-order chi connectivity index (χ0) is 16.7. The molecule has 5 nitrogen and oxygen atoms in total. The van der Waals surface area contributed by atoms with E-state index >= 15 is 0 Å². The smallest absolute Gasteiger partial charge is 0.225 e. The Morgan fingerprint density at radius 1 is 1.21 bits per heavy atom. The highest BCUT2D eigenvalue weighted by atomic mass is 16.5. The van der Waals surface area contributed by atoms with Crippen LogP contribution in [0.25, 0.3) is 11.3 Å². The van der Waals surface area contributed by atoms with Gasteiger partial charge < -0.3 is 9.64 Å². The van der Waals surface area contributed by atoms with Crippen molar-refractivity contribution in [3.05, 3.63) is 41.3 Å². The lowest BCUT2D eigenvalue weighted by atomic mass is 9.98. The van der Waals surface area contributed by atoms with Crippen molar-refractivity contribution >= 4 is 5.91 Å². The largest absolute Gasteiger partial charge is 0.497 e. The van der Waals surface area contributed by atoms with E-state index in [4.69, 9.17) is 4.74 Å². The standard InChI is InChI=1S/C19H21N3O2/c1-12-20-17-9-10-22(19(23)14-3-4-14)11-16(17)18(21-12)13-5-7-15(24-2)8-6-13/h5-8,14H,3-4,9-11H2,1-2H3. The summed E-state index contributed by atoms with van der Waals surface area (Å²) in [7, 11) is 1.66. The second-order valence-corrected chi connectivity index (χ2v) is 6.56. The predicted octanol–water partition coefficient (Wildman–Crippen LogP) is 2.76. The van der Waals surface area contributed by atoms with E-state index in [1.165, 1.54) is 0 Å². The topological polar surface area (TPSA) is 55.3 Å². The highest BCUT2D eigenvalue weighted by Gasteiger charge is 2.35. The first-order chi connectivity index (χ1) is 11.7. The van der Waals surface area contributed by atoms with Gasteiger partial charge in [-0.2, -0.15) is 0 Å². The number of aromatic nitrogens is 2. The fraction of sp³-hybridized carbons (Fsp3) is 0.421. The predicted molar refractivity (Wildman–Crippen MR) is 90.6 cm³/mol. The van der Waals surface area contributed by atoms with E-state index in [0.29, 0.717) is 12.5 Å².